The van der Waals surface area contributed by atoms with E-state index in [1.807, 2.05) is 29.3 Å². The van der Waals surface area contributed by atoms with Gasteiger partial charge in [0.1, 0.15) is 14.3 Å². The number of benzene rings is 1. The number of nitrogens with zero attached hydrogens (tertiary/aromatic N) is 3. The summed E-state index contributed by atoms with van der Waals surface area (Å²) in [5, 5.41) is 5.45. The second kappa shape index (κ2) is 9.89. The van der Waals surface area contributed by atoms with E-state index in [0.717, 1.165) is 42.4 Å². The summed E-state index contributed by atoms with van der Waals surface area (Å²) in [5.74, 6) is -0.436. The molecule has 0 radical (unpaired) electrons. The van der Waals surface area contributed by atoms with Crippen molar-refractivity contribution in [3.63, 3.8) is 0 Å². The molecule has 0 aliphatic carbocycles. The fourth-order valence-electron chi connectivity index (χ4n) is 5.73. The van der Waals surface area contributed by atoms with Crippen molar-refractivity contribution in [2.24, 2.45) is 0 Å². The molecular formula is C27H35ClFN3OSi. The highest BCUT2D eigenvalue weighted by molar-refractivity contribution is 6.90. The van der Waals surface area contributed by atoms with E-state index in [1.165, 1.54) is 0 Å². The van der Waals surface area contributed by atoms with E-state index in [4.69, 9.17) is 16.3 Å². The highest BCUT2D eigenvalue weighted by atomic mass is 35.5. The van der Waals surface area contributed by atoms with Crippen molar-refractivity contribution in [2.75, 3.05) is 6.61 Å². The summed E-state index contributed by atoms with van der Waals surface area (Å²) >= 11 is 6.20. The Kier molecular flexibility index (Phi) is 7.28. The van der Waals surface area contributed by atoms with Gasteiger partial charge in [0.25, 0.3) is 0 Å². The van der Waals surface area contributed by atoms with E-state index in [1.54, 1.807) is 10.6 Å². The lowest BCUT2D eigenvalue weighted by molar-refractivity contribution is -0.0394. The second-order valence-electron chi connectivity index (χ2n) is 10.3. The number of hydrogen-bond donors (Lipinski definition) is 0. The first kappa shape index (κ1) is 25.0. The van der Waals surface area contributed by atoms with Crippen LogP contribution in [0.5, 0.6) is 0 Å². The van der Waals surface area contributed by atoms with Gasteiger partial charge in [0, 0.05) is 41.6 Å². The third kappa shape index (κ3) is 4.34. The van der Waals surface area contributed by atoms with Crippen LogP contribution in [0.15, 0.2) is 30.7 Å². The van der Waals surface area contributed by atoms with Gasteiger partial charge in [0.15, 0.2) is 5.82 Å². The molecule has 7 heteroatoms. The summed E-state index contributed by atoms with van der Waals surface area (Å²) in [6.45, 7) is 14.4. The molecular weight excluding hydrogens is 465 g/mol. The van der Waals surface area contributed by atoms with E-state index < -0.39 is 13.9 Å². The zero-order valence-corrected chi connectivity index (χ0v) is 22.8. The van der Waals surface area contributed by atoms with Gasteiger partial charge in [-0.3, -0.25) is 4.57 Å². The Morgan fingerprint density at radius 3 is 2.41 bits per heavy atom. The molecule has 1 aliphatic heterocycles. The van der Waals surface area contributed by atoms with Crippen LogP contribution in [0.1, 0.15) is 67.0 Å². The molecule has 0 N–H and O–H groups in total. The van der Waals surface area contributed by atoms with Crippen molar-refractivity contribution in [3.8, 4) is 22.7 Å². The topological polar surface area (TPSA) is 32.0 Å². The molecule has 1 fully saturated rings. The maximum Gasteiger partial charge on any atom is 0.167 e. The minimum atomic E-state index is -1.99. The van der Waals surface area contributed by atoms with Crippen molar-refractivity contribution < 1.29 is 9.13 Å². The molecule has 0 bridgehead atoms. The van der Waals surface area contributed by atoms with Crippen molar-refractivity contribution in [3.05, 3.63) is 41.6 Å². The lowest BCUT2D eigenvalue weighted by Crippen LogP contribution is -2.43. The third-order valence-corrected chi connectivity index (χ3v) is 14.0. The molecule has 0 saturated carbocycles. The fraction of sp³-hybridized carbons (Fsp3) is 0.519. The molecule has 1 unspecified atom stereocenters. The van der Waals surface area contributed by atoms with Crippen LogP contribution in [0.4, 0.5) is 4.39 Å². The van der Waals surface area contributed by atoms with Gasteiger partial charge in [-0.05, 0) is 42.0 Å². The average molecular weight is 500 g/mol. The van der Waals surface area contributed by atoms with Crippen molar-refractivity contribution >= 4 is 30.6 Å². The Balaban J connectivity index is 1.85. The number of fused-ring (bicyclic) bond motifs is 1. The monoisotopic (exact) mass is 499 g/mol. The first-order valence-electron chi connectivity index (χ1n) is 12.3. The van der Waals surface area contributed by atoms with Crippen LogP contribution < -0.4 is 0 Å². The van der Waals surface area contributed by atoms with E-state index in [9.17, 15) is 0 Å². The Labute approximate surface area is 208 Å². The average Bonchev–Trinajstić information content (AvgIpc) is 3.42. The van der Waals surface area contributed by atoms with Crippen molar-refractivity contribution in [1.82, 2.24) is 14.3 Å². The van der Waals surface area contributed by atoms with Gasteiger partial charge in [0.05, 0.1) is 16.7 Å². The van der Waals surface area contributed by atoms with Gasteiger partial charge < -0.3 is 4.74 Å². The molecule has 0 amide bonds. The smallest absolute Gasteiger partial charge is 0.167 e. The number of halogens is 2. The standard InChI is InChI=1S/C27H35ClFN3OSi/c1-18(2)34(19(3)4,20(5)6)14-12-31-17-23(22-10-11-24(28)26(29)27(22)31)21-15-30-32(16-21)25-9-7-8-13-33-25/h10-11,15-20,25H,7-9,13H2,1-6H3. The maximum atomic E-state index is 15.3. The minimum Gasteiger partial charge on any atom is -0.357 e. The highest BCUT2D eigenvalue weighted by Crippen LogP contribution is 2.41. The Hall–Kier alpha value is -2.07. The third-order valence-electron chi connectivity index (χ3n) is 7.48. The van der Waals surface area contributed by atoms with Gasteiger partial charge in [-0.15, -0.1) is 5.54 Å². The molecule has 1 atom stereocenters. The molecule has 4 rings (SSSR count). The molecule has 3 heterocycles. The van der Waals surface area contributed by atoms with Gasteiger partial charge in [-0.1, -0.05) is 59.2 Å². The van der Waals surface area contributed by atoms with Gasteiger partial charge in [-0.2, -0.15) is 5.10 Å². The normalized spacial score (nSPS) is 17.1. The first-order chi connectivity index (χ1) is 16.2. The van der Waals surface area contributed by atoms with Crippen molar-refractivity contribution in [2.45, 2.75) is 83.7 Å². The lowest BCUT2D eigenvalue weighted by atomic mass is 10.1. The molecule has 2 aromatic heterocycles. The summed E-state index contributed by atoms with van der Waals surface area (Å²) in [7, 11) is -1.99. The molecule has 4 nitrogen and oxygen atoms in total. The summed E-state index contributed by atoms with van der Waals surface area (Å²) in [6, 6.07) is 6.87. The molecule has 182 valence electrons. The molecule has 34 heavy (non-hydrogen) atoms. The van der Waals surface area contributed by atoms with Gasteiger partial charge in [0.2, 0.25) is 0 Å². The Bertz CT molecular complexity index is 1210. The second-order valence-corrected chi connectivity index (χ2v) is 16.3. The van der Waals surface area contributed by atoms with Crippen LogP contribution >= 0.6 is 11.6 Å². The van der Waals surface area contributed by atoms with E-state index in [2.05, 4.69) is 58.2 Å². The van der Waals surface area contributed by atoms with Crippen LogP contribution in [0.3, 0.4) is 0 Å². The van der Waals surface area contributed by atoms with Crippen LogP contribution in [0.2, 0.25) is 21.6 Å². The Morgan fingerprint density at radius 1 is 1.09 bits per heavy atom. The number of rotatable bonds is 5. The molecule has 3 aromatic rings. The van der Waals surface area contributed by atoms with Crippen LogP contribution in [0.25, 0.3) is 22.0 Å². The van der Waals surface area contributed by atoms with E-state index in [0.29, 0.717) is 22.1 Å². The first-order valence-corrected chi connectivity index (χ1v) is 15.0. The van der Waals surface area contributed by atoms with E-state index in [-0.39, 0.29) is 11.3 Å². The predicted molar refractivity (Wildman–Crippen MR) is 141 cm³/mol. The number of aromatic nitrogens is 3. The lowest BCUT2D eigenvalue weighted by Gasteiger charge is -2.37. The quantitative estimate of drug-likeness (QED) is 0.263. The van der Waals surface area contributed by atoms with Gasteiger partial charge >= 0.3 is 0 Å². The van der Waals surface area contributed by atoms with Gasteiger partial charge in [-0.25, -0.2) is 9.07 Å². The number of ether oxygens (including phenoxy) is 1. The zero-order valence-electron chi connectivity index (χ0n) is 21.0. The largest absolute Gasteiger partial charge is 0.357 e. The van der Waals surface area contributed by atoms with Crippen LogP contribution in [0, 0.1) is 17.4 Å². The SMILES string of the molecule is CC(C)[Si](C#Cn1cc(-c2cnn(C3CCCCO3)c2)c2ccc(Cl)c(F)c21)(C(C)C)C(C)C. The Morgan fingerprint density at radius 2 is 1.79 bits per heavy atom. The molecule has 1 aromatic carbocycles. The van der Waals surface area contributed by atoms with Crippen molar-refractivity contribution in [1.29, 1.82) is 0 Å². The van der Waals surface area contributed by atoms with Crippen LogP contribution in [-0.2, 0) is 4.74 Å². The summed E-state index contributed by atoms with van der Waals surface area (Å²) in [5.41, 5.74) is 7.42. The van der Waals surface area contributed by atoms with Crippen LogP contribution in [-0.4, -0.2) is 29.0 Å². The molecule has 1 saturated heterocycles. The predicted octanol–water partition coefficient (Wildman–Crippen LogP) is 8.02. The fourth-order valence-corrected chi connectivity index (χ4v) is 11.1. The maximum absolute atomic E-state index is 15.3. The molecule has 0 spiro atoms. The van der Waals surface area contributed by atoms with E-state index >= 15 is 4.39 Å². The summed E-state index contributed by atoms with van der Waals surface area (Å²) < 4.78 is 24.8. The highest BCUT2D eigenvalue weighted by Gasteiger charge is 2.42. The number of hydrogen-bond acceptors (Lipinski definition) is 2. The zero-order chi connectivity index (χ0) is 24.6. The molecule has 1 aliphatic rings. The minimum absolute atomic E-state index is 0.0448. The summed E-state index contributed by atoms with van der Waals surface area (Å²) in [4.78, 5) is 0. The summed E-state index contributed by atoms with van der Waals surface area (Å²) in [6.07, 6.45) is 8.87.